The van der Waals surface area contributed by atoms with Gasteiger partial charge in [0.2, 0.25) is 5.69 Å². The summed E-state index contributed by atoms with van der Waals surface area (Å²) in [6.07, 6.45) is 15.2. The standard InChI is InChI=1S/C25H31N2S/c1-7-14-21-19(3)28-24(27(21)8-2)18-11-9-10-17-23-25(4,5)20-15-12-13-16-22(20)26(23)6/h7,9-18H,8H2,1-6H3/q+1. The van der Waals surface area contributed by atoms with Crippen LogP contribution >= 0.6 is 11.3 Å². The van der Waals surface area contributed by atoms with Crippen molar-refractivity contribution in [2.24, 2.45) is 0 Å². The average molecular weight is 392 g/mol. The summed E-state index contributed by atoms with van der Waals surface area (Å²) in [6.45, 7) is 12.0. The van der Waals surface area contributed by atoms with Gasteiger partial charge >= 0.3 is 0 Å². The summed E-state index contributed by atoms with van der Waals surface area (Å²) >= 11 is 1.85. The predicted molar refractivity (Wildman–Crippen MR) is 124 cm³/mol. The average Bonchev–Trinajstić information content (AvgIpc) is 3.08. The monoisotopic (exact) mass is 391 g/mol. The molecule has 1 aliphatic rings. The molecule has 1 aromatic carbocycles. The van der Waals surface area contributed by atoms with E-state index in [9.17, 15) is 0 Å². The first kappa shape index (κ1) is 20.3. The number of para-hydroxylation sites is 1. The molecule has 146 valence electrons. The number of nitrogens with zero attached hydrogens (tertiary/aromatic N) is 2. The minimum atomic E-state index is 0.0247. The lowest BCUT2D eigenvalue weighted by Crippen LogP contribution is -2.36. The Bertz CT molecular complexity index is 970. The highest BCUT2D eigenvalue weighted by Gasteiger charge is 2.37. The predicted octanol–water partition coefficient (Wildman–Crippen LogP) is 6.28. The third kappa shape index (κ3) is 3.64. The molecule has 2 nitrogen and oxygen atoms in total. The second kappa shape index (κ2) is 8.32. The van der Waals surface area contributed by atoms with Crippen molar-refractivity contribution in [3.05, 3.63) is 81.5 Å². The summed E-state index contributed by atoms with van der Waals surface area (Å²) in [5, 5.41) is 1.29. The molecule has 0 N–H and O–H groups in total. The van der Waals surface area contributed by atoms with E-state index in [1.54, 1.807) is 0 Å². The number of rotatable bonds is 5. The first-order valence-electron chi connectivity index (χ1n) is 9.96. The van der Waals surface area contributed by atoms with Gasteiger partial charge in [-0.1, -0.05) is 67.7 Å². The van der Waals surface area contributed by atoms with Crippen LogP contribution in [-0.4, -0.2) is 7.05 Å². The number of hydrogen-bond acceptors (Lipinski definition) is 2. The lowest BCUT2D eigenvalue weighted by molar-refractivity contribution is -0.692. The Morgan fingerprint density at radius 3 is 2.54 bits per heavy atom. The lowest BCUT2D eigenvalue weighted by atomic mass is 9.84. The Morgan fingerprint density at radius 1 is 1.11 bits per heavy atom. The van der Waals surface area contributed by atoms with Crippen molar-refractivity contribution >= 4 is 29.2 Å². The number of anilines is 1. The number of likely N-dealkylation sites (N-methyl/N-ethyl adjacent to an activating group) is 1. The fourth-order valence-corrected chi connectivity index (χ4v) is 5.12. The van der Waals surface area contributed by atoms with Gasteiger partial charge in [-0.05, 0) is 38.5 Å². The lowest BCUT2D eigenvalue weighted by Gasteiger charge is -2.23. The molecule has 2 aromatic rings. The number of fused-ring (bicyclic) bond motifs is 1. The Hall–Kier alpha value is -2.39. The van der Waals surface area contributed by atoms with Crippen LogP contribution in [0.15, 0.2) is 60.3 Å². The number of thiazole rings is 1. The second-order valence-corrected chi connectivity index (χ2v) is 8.86. The normalized spacial score (nSPS) is 17.6. The molecule has 0 aliphatic carbocycles. The van der Waals surface area contributed by atoms with Crippen molar-refractivity contribution in [3.63, 3.8) is 0 Å². The maximum atomic E-state index is 2.37. The van der Waals surface area contributed by atoms with E-state index >= 15 is 0 Å². The van der Waals surface area contributed by atoms with Crippen LogP contribution in [0.25, 0.3) is 12.2 Å². The van der Waals surface area contributed by atoms with E-state index < -0.39 is 0 Å². The van der Waals surface area contributed by atoms with Gasteiger partial charge in [0.1, 0.15) is 6.54 Å². The first-order valence-corrected chi connectivity index (χ1v) is 10.8. The topological polar surface area (TPSA) is 7.12 Å². The fraction of sp³-hybridized carbons (Fsp3) is 0.320. The van der Waals surface area contributed by atoms with Gasteiger partial charge in [0.05, 0.1) is 4.88 Å². The van der Waals surface area contributed by atoms with Crippen LogP contribution in [0.4, 0.5) is 5.69 Å². The van der Waals surface area contributed by atoms with Crippen LogP contribution in [0.5, 0.6) is 0 Å². The highest BCUT2D eigenvalue weighted by atomic mass is 32.1. The molecule has 0 spiro atoms. The summed E-state index contributed by atoms with van der Waals surface area (Å²) in [4.78, 5) is 3.67. The van der Waals surface area contributed by atoms with Crippen LogP contribution < -0.4 is 9.47 Å². The Balaban J connectivity index is 1.80. The van der Waals surface area contributed by atoms with E-state index in [-0.39, 0.29) is 5.41 Å². The zero-order valence-electron chi connectivity index (χ0n) is 17.9. The maximum Gasteiger partial charge on any atom is 0.262 e. The van der Waals surface area contributed by atoms with Crippen molar-refractivity contribution < 1.29 is 4.57 Å². The SMILES string of the molecule is CC=Cc1c(C)sc(C=CC=CC=C2N(C)c3ccccc3C2(C)C)[n+]1CC. The molecule has 28 heavy (non-hydrogen) atoms. The highest BCUT2D eigenvalue weighted by Crippen LogP contribution is 2.46. The molecular formula is C25H31N2S+. The van der Waals surface area contributed by atoms with Crippen molar-refractivity contribution in [3.8, 4) is 0 Å². The Morgan fingerprint density at radius 2 is 1.86 bits per heavy atom. The van der Waals surface area contributed by atoms with Crippen molar-refractivity contribution in [1.82, 2.24) is 0 Å². The van der Waals surface area contributed by atoms with E-state index in [4.69, 9.17) is 0 Å². The molecule has 0 radical (unpaired) electrons. The highest BCUT2D eigenvalue weighted by molar-refractivity contribution is 7.12. The van der Waals surface area contributed by atoms with Crippen molar-refractivity contribution in [2.75, 3.05) is 11.9 Å². The quantitative estimate of drug-likeness (QED) is 0.430. The molecule has 0 bridgehead atoms. The van der Waals surface area contributed by atoms with Gasteiger partial charge in [0.25, 0.3) is 5.01 Å². The summed E-state index contributed by atoms with van der Waals surface area (Å²) in [5.41, 5.74) is 5.35. The Labute approximate surface area is 173 Å². The van der Waals surface area contributed by atoms with Crippen LogP contribution in [0.3, 0.4) is 0 Å². The smallest absolute Gasteiger partial charge is 0.262 e. The fourth-order valence-electron chi connectivity index (χ4n) is 4.04. The van der Waals surface area contributed by atoms with Crippen LogP contribution in [-0.2, 0) is 12.0 Å². The van der Waals surface area contributed by atoms with Gasteiger partial charge in [0, 0.05) is 36.0 Å². The second-order valence-electron chi connectivity index (χ2n) is 7.62. The number of benzene rings is 1. The maximum absolute atomic E-state index is 2.37. The molecular weight excluding hydrogens is 360 g/mol. The molecule has 0 amide bonds. The number of aromatic nitrogens is 1. The first-order chi connectivity index (χ1) is 13.4. The third-order valence-electron chi connectivity index (χ3n) is 5.47. The van der Waals surface area contributed by atoms with Gasteiger partial charge in [-0.2, -0.15) is 4.57 Å². The van der Waals surface area contributed by atoms with E-state index in [2.05, 4.69) is 118 Å². The van der Waals surface area contributed by atoms with E-state index in [0.717, 1.165) is 6.54 Å². The summed E-state index contributed by atoms with van der Waals surface area (Å²) in [6, 6.07) is 8.68. The van der Waals surface area contributed by atoms with Crippen molar-refractivity contribution in [1.29, 1.82) is 0 Å². The van der Waals surface area contributed by atoms with Gasteiger partial charge in [-0.15, -0.1) is 0 Å². The molecule has 0 saturated heterocycles. The molecule has 0 fully saturated rings. The Kier molecular flexibility index (Phi) is 6.04. The summed E-state index contributed by atoms with van der Waals surface area (Å²) < 4.78 is 2.37. The number of aryl methyl sites for hydroxylation is 1. The molecule has 1 aliphatic heterocycles. The van der Waals surface area contributed by atoms with Crippen molar-refractivity contribution in [2.45, 2.75) is 46.6 Å². The van der Waals surface area contributed by atoms with E-state index in [1.807, 2.05) is 11.3 Å². The van der Waals surface area contributed by atoms with Gasteiger partial charge in [0.15, 0.2) is 0 Å². The largest absolute Gasteiger partial charge is 0.347 e. The minimum absolute atomic E-state index is 0.0247. The molecule has 2 heterocycles. The van der Waals surface area contributed by atoms with E-state index in [1.165, 1.54) is 32.5 Å². The van der Waals surface area contributed by atoms with Crippen LogP contribution in [0, 0.1) is 6.92 Å². The van der Waals surface area contributed by atoms with Crippen LogP contribution in [0.2, 0.25) is 0 Å². The molecule has 3 heteroatoms. The molecule has 1 aromatic heterocycles. The zero-order chi connectivity index (χ0) is 20.3. The van der Waals surface area contributed by atoms with E-state index in [0.29, 0.717) is 0 Å². The molecule has 0 saturated carbocycles. The molecule has 3 rings (SSSR count). The van der Waals surface area contributed by atoms with Gasteiger partial charge in [-0.3, -0.25) is 0 Å². The summed E-state index contributed by atoms with van der Waals surface area (Å²) in [7, 11) is 2.16. The van der Waals surface area contributed by atoms with Gasteiger partial charge in [-0.25, -0.2) is 0 Å². The third-order valence-corrected chi connectivity index (χ3v) is 6.55. The number of allylic oxidation sites excluding steroid dienone is 6. The molecule has 0 unspecified atom stereocenters. The number of hydrogen-bond donors (Lipinski definition) is 0. The molecule has 0 atom stereocenters. The van der Waals surface area contributed by atoms with Gasteiger partial charge < -0.3 is 4.90 Å². The zero-order valence-corrected chi connectivity index (χ0v) is 18.7. The summed E-state index contributed by atoms with van der Waals surface area (Å²) in [5.74, 6) is 0. The van der Waals surface area contributed by atoms with Crippen LogP contribution in [0.1, 0.15) is 48.8 Å². The minimum Gasteiger partial charge on any atom is -0.347 e.